The van der Waals surface area contributed by atoms with E-state index in [1.165, 1.54) is 22.5 Å². The van der Waals surface area contributed by atoms with Crippen molar-refractivity contribution >= 4 is 22.9 Å². The highest BCUT2D eigenvalue weighted by atomic mass is 16.2. The highest BCUT2D eigenvalue weighted by Gasteiger charge is 2.40. The molecule has 0 spiro atoms. The Labute approximate surface area is 213 Å². The van der Waals surface area contributed by atoms with Crippen LogP contribution in [0.4, 0.5) is 16.2 Å². The minimum Gasteiger partial charge on any atom is -0.369 e. The first kappa shape index (κ1) is 23.2. The quantitative estimate of drug-likeness (QED) is 0.552. The number of hydrogen-bond acceptors (Lipinski definition) is 5. The molecule has 1 unspecified atom stereocenters. The summed E-state index contributed by atoms with van der Waals surface area (Å²) in [6.07, 6.45) is 4.01. The maximum Gasteiger partial charge on any atom is 0.320 e. The molecule has 2 aromatic heterocycles. The number of urea groups is 1. The number of amides is 2. The molecule has 1 atom stereocenters. The van der Waals surface area contributed by atoms with E-state index >= 15 is 0 Å². The van der Waals surface area contributed by atoms with Gasteiger partial charge in [-0.25, -0.2) is 9.31 Å². The molecule has 0 N–H and O–H groups in total. The number of nitrogens with zero attached hydrogens (tertiary/aromatic N) is 7. The molecule has 0 radical (unpaired) electrons. The molecule has 0 saturated carbocycles. The van der Waals surface area contributed by atoms with Crippen LogP contribution in [0.15, 0.2) is 48.8 Å². The number of benzene rings is 1. The number of anilines is 2. The molecule has 5 heterocycles. The van der Waals surface area contributed by atoms with Crippen molar-refractivity contribution in [2.24, 2.45) is 0 Å². The van der Waals surface area contributed by atoms with Gasteiger partial charge in [-0.1, -0.05) is 12.1 Å². The molecule has 3 aliphatic heterocycles. The van der Waals surface area contributed by atoms with E-state index in [0.29, 0.717) is 6.04 Å². The minimum absolute atomic E-state index is 0.192. The lowest BCUT2D eigenvalue weighted by Gasteiger charge is -2.38. The predicted octanol–water partition coefficient (Wildman–Crippen LogP) is 3.48. The second-order valence-corrected chi connectivity index (χ2v) is 10.6. The normalized spacial score (nSPS) is 21.2. The second-order valence-electron chi connectivity index (χ2n) is 10.6. The van der Waals surface area contributed by atoms with Gasteiger partial charge in [-0.05, 0) is 50.6 Å². The predicted molar refractivity (Wildman–Crippen MR) is 145 cm³/mol. The first-order chi connectivity index (χ1) is 17.5. The van der Waals surface area contributed by atoms with Crippen molar-refractivity contribution in [1.82, 2.24) is 24.3 Å². The summed E-state index contributed by atoms with van der Waals surface area (Å²) in [4.78, 5) is 24.0. The van der Waals surface area contributed by atoms with Gasteiger partial charge in [0.25, 0.3) is 0 Å². The van der Waals surface area contributed by atoms with Gasteiger partial charge in [-0.15, -0.1) is 0 Å². The first-order valence-corrected chi connectivity index (χ1v) is 13.4. The number of carbonyl (C=O) groups is 1. The lowest BCUT2D eigenvalue weighted by Crippen LogP contribution is -2.52. The van der Waals surface area contributed by atoms with E-state index in [9.17, 15) is 4.79 Å². The third kappa shape index (κ3) is 4.07. The van der Waals surface area contributed by atoms with E-state index in [4.69, 9.17) is 0 Å². The SMILES string of the molecule is CCN1CC2CN(c3ccnn4cc(-c5ccc(N6CCN(C(C)C)CC6)cc5)cc34)CCN2C1=O. The molecule has 3 fully saturated rings. The summed E-state index contributed by atoms with van der Waals surface area (Å²) in [5.41, 5.74) is 6.00. The third-order valence-corrected chi connectivity index (χ3v) is 8.25. The van der Waals surface area contributed by atoms with Gasteiger partial charge >= 0.3 is 6.03 Å². The zero-order valence-electron chi connectivity index (χ0n) is 21.7. The molecule has 3 aromatic rings. The Morgan fingerprint density at radius 3 is 2.39 bits per heavy atom. The van der Waals surface area contributed by atoms with Gasteiger partial charge < -0.3 is 19.6 Å². The first-order valence-electron chi connectivity index (χ1n) is 13.4. The van der Waals surface area contributed by atoms with Gasteiger partial charge in [0, 0.05) is 88.6 Å². The number of carbonyl (C=O) groups excluding carboxylic acids is 1. The molecule has 0 aliphatic carbocycles. The van der Waals surface area contributed by atoms with Gasteiger partial charge in [0.2, 0.25) is 0 Å². The molecule has 8 heteroatoms. The van der Waals surface area contributed by atoms with E-state index < -0.39 is 0 Å². The van der Waals surface area contributed by atoms with E-state index in [2.05, 4.69) is 83.2 Å². The Balaban J connectivity index is 1.20. The average Bonchev–Trinajstić information content (AvgIpc) is 3.49. The van der Waals surface area contributed by atoms with Crippen molar-refractivity contribution in [2.75, 3.05) is 68.7 Å². The number of aromatic nitrogens is 2. The third-order valence-electron chi connectivity index (χ3n) is 8.25. The van der Waals surface area contributed by atoms with Crippen LogP contribution in [0.25, 0.3) is 16.6 Å². The summed E-state index contributed by atoms with van der Waals surface area (Å²) in [7, 11) is 0. The van der Waals surface area contributed by atoms with Crippen LogP contribution in [-0.2, 0) is 0 Å². The van der Waals surface area contributed by atoms with E-state index in [0.717, 1.165) is 64.4 Å². The minimum atomic E-state index is 0.192. The molecule has 36 heavy (non-hydrogen) atoms. The maximum absolute atomic E-state index is 12.6. The van der Waals surface area contributed by atoms with Crippen LogP contribution in [0, 0.1) is 0 Å². The standard InChI is InChI=1S/C28H37N7O/c1-4-30-19-25-20-33(15-16-34(25)28(30)36)26-9-10-29-35-18-23(17-27(26)35)22-5-7-24(8-6-22)32-13-11-31(12-14-32)21(2)3/h5-10,17-18,21,25H,4,11-16,19-20H2,1-3H3. The molecule has 190 valence electrons. The van der Waals surface area contributed by atoms with Crippen molar-refractivity contribution in [3.8, 4) is 11.1 Å². The number of fused-ring (bicyclic) bond motifs is 2. The zero-order chi connectivity index (χ0) is 24.8. The van der Waals surface area contributed by atoms with E-state index in [1.807, 2.05) is 20.5 Å². The van der Waals surface area contributed by atoms with Crippen LogP contribution in [0.5, 0.6) is 0 Å². The Kier molecular flexibility index (Phi) is 5.99. The Bertz CT molecular complexity index is 1230. The topological polar surface area (TPSA) is 50.6 Å². The number of rotatable bonds is 5. The Morgan fingerprint density at radius 1 is 0.917 bits per heavy atom. The fraction of sp³-hybridized carbons (Fsp3) is 0.500. The molecule has 3 saturated heterocycles. The highest BCUT2D eigenvalue weighted by Crippen LogP contribution is 2.32. The van der Waals surface area contributed by atoms with Gasteiger partial charge in [0.05, 0.1) is 17.2 Å². The lowest BCUT2D eigenvalue weighted by molar-refractivity contribution is 0.184. The monoisotopic (exact) mass is 487 g/mol. The molecule has 3 aliphatic rings. The van der Waals surface area contributed by atoms with Crippen molar-refractivity contribution < 1.29 is 4.79 Å². The van der Waals surface area contributed by atoms with Crippen LogP contribution in [0.3, 0.4) is 0 Å². The lowest BCUT2D eigenvalue weighted by atomic mass is 10.1. The Hall–Kier alpha value is -3.26. The summed E-state index contributed by atoms with van der Waals surface area (Å²) in [5.74, 6) is 0. The van der Waals surface area contributed by atoms with Crippen LogP contribution < -0.4 is 9.80 Å². The maximum atomic E-state index is 12.6. The van der Waals surface area contributed by atoms with Crippen molar-refractivity contribution in [2.45, 2.75) is 32.9 Å². The summed E-state index contributed by atoms with van der Waals surface area (Å²) in [5, 5.41) is 4.60. The van der Waals surface area contributed by atoms with E-state index in [1.54, 1.807) is 0 Å². The smallest absolute Gasteiger partial charge is 0.320 e. The number of likely N-dealkylation sites (N-methyl/N-ethyl adjacent to an activating group) is 1. The van der Waals surface area contributed by atoms with E-state index in [-0.39, 0.29) is 12.1 Å². The Morgan fingerprint density at radius 2 is 1.67 bits per heavy atom. The van der Waals surface area contributed by atoms with Gasteiger partial charge in [-0.2, -0.15) is 5.10 Å². The van der Waals surface area contributed by atoms with Crippen molar-refractivity contribution in [3.63, 3.8) is 0 Å². The molecule has 8 nitrogen and oxygen atoms in total. The molecule has 0 bridgehead atoms. The van der Waals surface area contributed by atoms with Crippen molar-refractivity contribution in [3.05, 3.63) is 48.8 Å². The molecule has 6 rings (SSSR count). The summed E-state index contributed by atoms with van der Waals surface area (Å²) < 4.78 is 1.99. The molecular formula is C28H37N7O. The summed E-state index contributed by atoms with van der Waals surface area (Å²) in [6.45, 7) is 15.1. The summed E-state index contributed by atoms with van der Waals surface area (Å²) >= 11 is 0. The number of hydrogen-bond donors (Lipinski definition) is 0. The van der Waals surface area contributed by atoms with Crippen LogP contribution in [0.2, 0.25) is 0 Å². The van der Waals surface area contributed by atoms with Gasteiger partial charge in [0.1, 0.15) is 0 Å². The second kappa shape index (κ2) is 9.32. The zero-order valence-corrected chi connectivity index (χ0v) is 21.7. The largest absolute Gasteiger partial charge is 0.369 e. The summed E-state index contributed by atoms with van der Waals surface area (Å²) in [6, 6.07) is 14.4. The highest BCUT2D eigenvalue weighted by molar-refractivity contribution is 5.81. The van der Waals surface area contributed by atoms with Crippen LogP contribution in [0.1, 0.15) is 20.8 Å². The fourth-order valence-corrected chi connectivity index (χ4v) is 6.05. The molecule has 1 aromatic carbocycles. The number of piperazine rings is 2. The van der Waals surface area contributed by atoms with Crippen molar-refractivity contribution in [1.29, 1.82) is 0 Å². The molecular weight excluding hydrogens is 450 g/mol. The molecule has 2 amide bonds. The van der Waals surface area contributed by atoms with Crippen LogP contribution >= 0.6 is 0 Å². The van der Waals surface area contributed by atoms with Gasteiger partial charge in [0.15, 0.2) is 0 Å². The fourth-order valence-electron chi connectivity index (χ4n) is 6.05. The van der Waals surface area contributed by atoms with Gasteiger partial charge in [-0.3, -0.25) is 4.90 Å². The van der Waals surface area contributed by atoms with Crippen LogP contribution in [-0.4, -0.2) is 101 Å². The average molecular weight is 488 g/mol.